The minimum Gasteiger partial charge on any atom is -0.493 e. The molecule has 0 saturated carbocycles. The molecule has 3 aromatic rings. The summed E-state index contributed by atoms with van der Waals surface area (Å²) in [5.41, 5.74) is 4.70. The molecule has 3 atom stereocenters. The van der Waals surface area contributed by atoms with Crippen LogP contribution in [0.15, 0.2) is 60.7 Å². The van der Waals surface area contributed by atoms with Gasteiger partial charge in [-0.15, -0.1) is 0 Å². The van der Waals surface area contributed by atoms with E-state index in [9.17, 15) is 9.90 Å². The maximum absolute atomic E-state index is 13.9. The second kappa shape index (κ2) is 13.3. The Morgan fingerprint density at radius 2 is 1.60 bits per heavy atom. The van der Waals surface area contributed by atoms with Crippen LogP contribution < -0.4 is 14.4 Å². The molecule has 3 aromatic carbocycles. The average Bonchev–Trinajstić information content (AvgIpc) is 3.00. The van der Waals surface area contributed by atoms with Gasteiger partial charge in [-0.2, -0.15) is 0 Å². The van der Waals surface area contributed by atoms with Crippen LogP contribution in [-0.2, 0) is 11.2 Å². The molecule has 1 saturated heterocycles. The van der Waals surface area contributed by atoms with Crippen molar-refractivity contribution in [2.75, 3.05) is 39.2 Å². The molecule has 2 aliphatic heterocycles. The number of methoxy groups -OCH3 is 1. The smallest absolute Gasteiger partial charge is 0.232 e. The molecule has 230 valence electrons. The van der Waals surface area contributed by atoms with E-state index in [0.29, 0.717) is 22.6 Å². The molecule has 2 heterocycles. The van der Waals surface area contributed by atoms with Crippen LogP contribution in [0.4, 0.5) is 5.69 Å². The quantitative estimate of drug-likeness (QED) is 0.310. The number of fused-ring (bicyclic) bond motifs is 1. The van der Waals surface area contributed by atoms with Crippen molar-refractivity contribution < 1.29 is 19.4 Å². The van der Waals surface area contributed by atoms with Crippen LogP contribution in [-0.4, -0.2) is 73.5 Å². The lowest BCUT2D eigenvalue weighted by molar-refractivity contribution is -0.118. The van der Waals surface area contributed by atoms with E-state index in [2.05, 4.69) is 30.8 Å². The van der Waals surface area contributed by atoms with E-state index in [-0.39, 0.29) is 30.4 Å². The van der Waals surface area contributed by atoms with Crippen molar-refractivity contribution in [3.05, 3.63) is 87.9 Å². The highest BCUT2D eigenvalue weighted by Gasteiger charge is 2.36. The van der Waals surface area contributed by atoms with Gasteiger partial charge in [0.15, 0.2) is 11.5 Å². The summed E-state index contributed by atoms with van der Waals surface area (Å²) in [6, 6.07) is 19.9. The van der Waals surface area contributed by atoms with Crippen molar-refractivity contribution >= 4 is 23.2 Å². The number of anilines is 1. The third kappa shape index (κ3) is 6.70. The summed E-state index contributed by atoms with van der Waals surface area (Å²) in [5, 5.41) is 11.9. The Bertz CT molecular complexity index is 1400. The predicted molar refractivity (Wildman–Crippen MR) is 172 cm³/mol. The highest BCUT2D eigenvalue weighted by molar-refractivity contribution is 6.30. The van der Waals surface area contributed by atoms with Gasteiger partial charge in [0, 0.05) is 35.8 Å². The molecule has 0 aromatic heterocycles. The minimum atomic E-state index is -0.561. The monoisotopic (exact) mass is 605 g/mol. The average molecular weight is 606 g/mol. The second-order valence-electron chi connectivity index (χ2n) is 12.3. The summed E-state index contributed by atoms with van der Waals surface area (Å²) in [5.74, 6) is 1.19. The first-order valence-corrected chi connectivity index (χ1v) is 15.6. The van der Waals surface area contributed by atoms with Gasteiger partial charge in [0.05, 0.1) is 25.7 Å². The Labute approximate surface area is 261 Å². The molecule has 1 fully saturated rings. The third-order valence-electron chi connectivity index (χ3n) is 8.88. The molecule has 8 heteroatoms. The molecule has 3 unspecified atom stereocenters. The maximum Gasteiger partial charge on any atom is 0.232 e. The van der Waals surface area contributed by atoms with E-state index >= 15 is 0 Å². The molecule has 43 heavy (non-hydrogen) atoms. The molecular weight excluding hydrogens is 562 g/mol. The van der Waals surface area contributed by atoms with Crippen LogP contribution in [0.2, 0.25) is 5.02 Å². The highest BCUT2D eigenvalue weighted by atomic mass is 35.5. The first-order chi connectivity index (χ1) is 20.6. The zero-order valence-corrected chi connectivity index (χ0v) is 26.8. The summed E-state index contributed by atoms with van der Waals surface area (Å²) >= 11 is 6.26. The normalized spacial score (nSPS) is 19.4. The number of amides is 1. The zero-order valence-electron chi connectivity index (χ0n) is 26.1. The van der Waals surface area contributed by atoms with Crippen LogP contribution in [0.1, 0.15) is 67.8 Å². The summed E-state index contributed by atoms with van der Waals surface area (Å²) in [6.07, 6.45) is 1.75. The maximum atomic E-state index is 13.9. The van der Waals surface area contributed by atoms with Gasteiger partial charge in [-0.05, 0) is 99.4 Å². The number of likely N-dealkylation sites (tertiary alicyclic amines) is 1. The Balaban J connectivity index is 1.46. The largest absolute Gasteiger partial charge is 0.493 e. The molecule has 7 nitrogen and oxygen atoms in total. The summed E-state index contributed by atoms with van der Waals surface area (Å²) < 4.78 is 11.8. The Kier molecular flexibility index (Phi) is 9.67. The molecule has 0 spiro atoms. The van der Waals surface area contributed by atoms with E-state index in [1.807, 2.05) is 79.4 Å². The highest BCUT2D eigenvalue weighted by Crippen LogP contribution is 2.44. The van der Waals surface area contributed by atoms with Crippen molar-refractivity contribution in [2.45, 2.75) is 70.4 Å². The number of ether oxygens (including phenoxy) is 2. The standard InChI is InChI=1S/C35H44ClN3O4/c1-22(2)43-32-21-30-26(19-31(32)42-6)20-33(40)39(34(30)25-7-11-27(36)12-8-25)29-13-9-24(10-14-29)23(3)35(41)38-17-15-28(16-18-38)37(4)5/h7-14,19,21-23,28,34-35,41H,15-18,20H2,1-6H3. The summed E-state index contributed by atoms with van der Waals surface area (Å²) in [4.78, 5) is 20.2. The first-order valence-electron chi connectivity index (χ1n) is 15.2. The van der Waals surface area contributed by atoms with E-state index < -0.39 is 6.23 Å². The lowest BCUT2D eigenvalue weighted by atomic mass is 9.86. The van der Waals surface area contributed by atoms with Gasteiger partial charge >= 0.3 is 0 Å². The van der Waals surface area contributed by atoms with E-state index in [1.165, 1.54) is 0 Å². The van der Waals surface area contributed by atoms with Gasteiger partial charge in [-0.25, -0.2) is 0 Å². The molecule has 0 bridgehead atoms. The summed E-state index contributed by atoms with van der Waals surface area (Å²) in [7, 11) is 5.87. The van der Waals surface area contributed by atoms with E-state index in [1.54, 1.807) is 7.11 Å². The first kappa shape index (κ1) is 31.3. The number of aliphatic hydroxyl groups is 1. The molecule has 0 aliphatic carbocycles. The van der Waals surface area contributed by atoms with Crippen LogP contribution in [0.5, 0.6) is 11.5 Å². The Hall–Kier alpha value is -3.10. The molecule has 5 rings (SSSR count). The zero-order chi connectivity index (χ0) is 30.8. The summed E-state index contributed by atoms with van der Waals surface area (Å²) in [6.45, 7) is 7.79. The number of hydrogen-bond donors (Lipinski definition) is 1. The van der Waals surface area contributed by atoms with Gasteiger partial charge in [0.1, 0.15) is 6.23 Å². The molecular formula is C35H44ClN3O4. The number of benzene rings is 3. The number of halogens is 1. The molecule has 1 N–H and O–H groups in total. The predicted octanol–water partition coefficient (Wildman–Crippen LogP) is 6.26. The molecule has 2 aliphatic rings. The topological polar surface area (TPSA) is 65.5 Å². The Morgan fingerprint density at radius 3 is 2.19 bits per heavy atom. The van der Waals surface area contributed by atoms with Gasteiger partial charge < -0.3 is 24.4 Å². The van der Waals surface area contributed by atoms with Crippen LogP contribution in [0.3, 0.4) is 0 Å². The van der Waals surface area contributed by atoms with Crippen LogP contribution in [0.25, 0.3) is 0 Å². The number of nitrogens with zero attached hydrogens (tertiary/aromatic N) is 3. The van der Waals surface area contributed by atoms with Crippen molar-refractivity contribution in [3.8, 4) is 11.5 Å². The fourth-order valence-electron chi connectivity index (χ4n) is 6.42. The third-order valence-corrected chi connectivity index (χ3v) is 9.14. The minimum absolute atomic E-state index is 0.00312. The number of carbonyl (C=O) groups excluding carboxylic acids is 1. The fourth-order valence-corrected chi connectivity index (χ4v) is 6.55. The number of hydrogen-bond acceptors (Lipinski definition) is 6. The van der Waals surface area contributed by atoms with Gasteiger partial charge in [0.25, 0.3) is 0 Å². The van der Waals surface area contributed by atoms with Crippen molar-refractivity contribution in [1.82, 2.24) is 9.80 Å². The fraction of sp³-hybridized carbons (Fsp3) is 0.457. The second-order valence-corrected chi connectivity index (χ2v) is 12.7. The van der Waals surface area contributed by atoms with Gasteiger partial charge in [-0.3, -0.25) is 9.69 Å². The van der Waals surface area contributed by atoms with Crippen LogP contribution >= 0.6 is 11.6 Å². The SMILES string of the molecule is COc1cc2c(cc1OC(C)C)C(c1ccc(Cl)cc1)N(c1ccc(C(C)C(O)N3CCC(N(C)C)CC3)cc1)C(=O)C2. The van der Waals surface area contributed by atoms with Crippen molar-refractivity contribution in [1.29, 1.82) is 0 Å². The number of carbonyl (C=O) groups is 1. The lowest BCUT2D eigenvalue weighted by Gasteiger charge is -2.40. The van der Waals surface area contributed by atoms with Crippen LogP contribution in [0, 0.1) is 0 Å². The number of rotatable bonds is 9. The van der Waals surface area contributed by atoms with Gasteiger partial charge in [-0.1, -0.05) is 42.8 Å². The van der Waals surface area contributed by atoms with E-state index in [4.69, 9.17) is 21.1 Å². The molecule has 1 amide bonds. The van der Waals surface area contributed by atoms with Gasteiger partial charge in [0.2, 0.25) is 5.91 Å². The van der Waals surface area contributed by atoms with Crippen molar-refractivity contribution in [3.63, 3.8) is 0 Å². The Morgan fingerprint density at radius 1 is 0.953 bits per heavy atom. The molecule has 0 radical (unpaired) electrons. The van der Waals surface area contributed by atoms with Crippen molar-refractivity contribution in [2.24, 2.45) is 0 Å². The van der Waals surface area contributed by atoms with E-state index in [0.717, 1.165) is 53.9 Å². The lowest BCUT2D eigenvalue weighted by Crippen LogP contribution is -2.47. The number of aliphatic hydroxyl groups excluding tert-OH is 1. The number of piperidine rings is 1.